The van der Waals surface area contributed by atoms with Gasteiger partial charge in [-0.05, 0) is 18.2 Å². The van der Waals surface area contributed by atoms with E-state index in [1.54, 1.807) is 0 Å². The summed E-state index contributed by atoms with van der Waals surface area (Å²) >= 11 is 0. The Morgan fingerprint density at radius 3 is 2.53 bits per heavy atom. The Balaban J connectivity index is 2.91. The quantitative estimate of drug-likeness (QED) is 0.651. The van der Waals surface area contributed by atoms with Crippen molar-refractivity contribution in [2.24, 2.45) is 0 Å². The summed E-state index contributed by atoms with van der Waals surface area (Å²) in [7, 11) is 0. The summed E-state index contributed by atoms with van der Waals surface area (Å²) in [4.78, 5) is 23.4. The molecule has 1 heterocycles. The summed E-state index contributed by atoms with van der Waals surface area (Å²) in [5, 5.41) is 19.3. The smallest absolute Gasteiger partial charge is 0.235 e. The second-order valence-corrected chi connectivity index (χ2v) is 3.78. The molecule has 0 atom stereocenters. The van der Waals surface area contributed by atoms with Crippen molar-refractivity contribution in [1.82, 2.24) is 0 Å². The van der Waals surface area contributed by atoms with Crippen molar-refractivity contribution in [2.75, 3.05) is 0 Å². The Hall–Kier alpha value is -2.82. The van der Waals surface area contributed by atoms with Crippen LogP contribution in [-0.2, 0) is 0 Å². The highest BCUT2D eigenvalue weighted by atomic mass is 16.4. The molecule has 0 fully saturated rings. The number of hydrogen-bond donors (Lipinski definition) is 2. The van der Waals surface area contributed by atoms with Crippen LogP contribution in [0.3, 0.4) is 0 Å². The van der Waals surface area contributed by atoms with Crippen molar-refractivity contribution in [3.05, 3.63) is 52.9 Å². The van der Waals surface area contributed by atoms with Crippen LogP contribution < -0.4 is 5.43 Å². The molecule has 1 aromatic carbocycles. The number of fused-ring (bicyclic) bond motifs is 1. The first-order valence-electron chi connectivity index (χ1n) is 5.31. The largest absolute Gasteiger partial charge is 0.507 e. The number of carbonyl (C=O) groups excluding carboxylic acids is 1. The molecule has 0 amide bonds. The Morgan fingerprint density at radius 1 is 1.26 bits per heavy atom. The van der Waals surface area contributed by atoms with Crippen LogP contribution in [0.25, 0.3) is 17.0 Å². The molecule has 0 radical (unpaired) electrons. The number of phenols is 1. The van der Waals surface area contributed by atoms with Crippen molar-refractivity contribution >= 4 is 22.8 Å². The monoisotopic (exact) mass is 258 g/mol. The Kier molecular flexibility index (Phi) is 2.96. The zero-order valence-corrected chi connectivity index (χ0v) is 9.84. The number of benzene rings is 1. The van der Waals surface area contributed by atoms with Crippen LogP contribution in [0.5, 0.6) is 11.5 Å². The summed E-state index contributed by atoms with van der Waals surface area (Å²) in [5.74, 6) is -1.56. The number of hydrogen-bond acceptors (Lipinski definition) is 5. The maximum atomic E-state index is 11.9. The summed E-state index contributed by atoms with van der Waals surface area (Å²) in [6, 6.07) is 2.30. The lowest BCUT2D eigenvalue weighted by molar-refractivity contribution is 0.104. The molecule has 0 aliphatic rings. The van der Waals surface area contributed by atoms with E-state index >= 15 is 0 Å². The number of phenolic OH excluding ortho intramolecular Hbond substituents is 1. The van der Waals surface area contributed by atoms with Crippen LogP contribution in [-0.4, -0.2) is 16.0 Å². The minimum absolute atomic E-state index is 0.00824. The molecule has 0 bridgehead atoms. The van der Waals surface area contributed by atoms with Crippen LogP contribution in [0.1, 0.15) is 16.1 Å². The third kappa shape index (κ3) is 1.91. The predicted octanol–water partition coefficient (Wildman–Crippen LogP) is 2.22. The van der Waals surface area contributed by atoms with Crippen LogP contribution in [0.15, 0.2) is 40.6 Å². The number of allylic oxidation sites excluding steroid dienone is 1. The first kappa shape index (κ1) is 12.6. The second kappa shape index (κ2) is 4.45. The van der Waals surface area contributed by atoms with E-state index in [4.69, 9.17) is 4.42 Å². The molecule has 0 unspecified atom stereocenters. The molecule has 0 saturated heterocycles. The highest BCUT2D eigenvalue weighted by Crippen LogP contribution is 2.27. The summed E-state index contributed by atoms with van der Waals surface area (Å²) < 4.78 is 5.21. The minimum Gasteiger partial charge on any atom is -0.507 e. The van der Waals surface area contributed by atoms with Gasteiger partial charge in [-0.2, -0.15) is 0 Å². The zero-order chi connectivity index (χ0) is 14.2. The van der Waals surface area contributed by atoms with Crippen LogP contribution >= 0.6 is 0 Å². The first-order chi connectivity index (χ1) is 8.99. The molecule has 2 N–H and O–H groups in total. The lowest BCUT2D eigenvalue weighted by Crippen LogP contribution is -2.04. The van der Waals surface area contributed by atoms with Gasteiger partial charge in [-0.15, -0.1) is 0 Å². The van der Waals surface area contributed by atoms with E-state index in [0.717, 1.165) is 18.2 Å². The SMILES string of the molecule is C=CC(=O)c1cc2c(=O)c(O)c(C=C)oc2cc1O. The second-order valence-electron chi connectivity index (χ2n) is 3.78. The molecular weight excluding hydrogens is 248 g/mol. The van der Waals surface area contributed by atoms with Crippen molar-refractivity contribution in [2.45, 2.75) is 0 Å². The Morgan fingerprint density at radius 2 is 1.95 bits per heavy atom. The van der Waals surface area contributed by atoms with E-state index in [1.807, 2.05) is 0 Å². The van der Waals surface area contributed by atoms with Gasteiger partial charge in [0.2, 0.25) is 11.2 Å². The van der Waals surface area contributed by atoms with Gasteiger partial charge in [0.1, 0.15) is 11.3 Å². The van der Waals surface area contributed by atoms with Gasteiger partial charge in [0, 0.05) is 6.07 Å². The van der Waals surface area contributed by atoms with Gasteiger partial charge in [0.15, 0.2) is 11.5 Å². The lowest BCUT2D eigenvalue weighted by Gasteiger charge is -2.05. The predicted molar refractivity (Wildman–Crippen MR) is 70.4 cm³/mol. The Bertz CT molecular complexity index is 767. The fourth-order valence-corrected chi connectivity index (χ4v) is 1.68. The molecule has 2 aromatic rings. The molecule has 2 rings (SSSR count). The topological polar surface area (TPSA) is 87.7 Å². The van der Waals surface area contributed by atoms with Gasteiger partial charge in [-0.3, -0.25) is 9.59 Å². The first-order valence-corrected chi connectivity index (χ1v) is 5.31. The molecule has 0 spiro atoms. The van der Waals surface area contributed by atoms with E-state index in [2.05, 4.69) is 13.2 Å². The third-order valence-electron chi connectivity index (χ3n) is 2.65. The molecule has 5 nitrogen and oxygen atoms in total. The van der Waals surface area contributed by atoms with Gasteiger partial charge >= 0.3 is 0 Å². The van der Waals surface area contributed by atoms with Crippen LogP contribution in [0.2, 0.25) is 0 Å². The molecule has 0 aliphatic carbocycles. The average molecular weight is 258 g/mol. The number of aromatic hydroxyl groups is 2. The fourth-order valence-electron chi connectivity index (χ4n) is 1.68. The number of carbonyl (C=O) groups is 1. The summed E-state index contributed by atoms with van der Waals surface area (Å²) in [6.45, 7) is 6.70. The molecular formula is C14H10O5. The normalized spacial score (nSPS) is 10.3. The number of rotatable bonds is 3. The maximum absolute atomic E-state index is 11.9. The molecule has 96 valence electrons. The molecule has 19 heavy (non-hydrogen) atoms. The van der Waals surface area contributed by atoms with Crippen molar-refractivity contribution in [3.63, 3.8) is 0 Å². The van der Waals surface area contributed by atoms with Gasteiger partial charge in [-0.1, -0.05) is 13.2 Å². The highest BCUT2D eigenvalue weighted by molar-refractivity contribution is 6.08. The third-order valence-corrected chi connectivity index (χ3v) is 2.65. The van der Waals surface area contributed by atoms with E-state index in [9.17, 15) is 19.8 Å². The lowest BCUT2D eigenvalue weighted by atomic mass is 10.1. The highest BCUT2D eigenvalue weighted by Gasteiger charge is 2.16. The van der Waals surface area contributed by atoms with Crippen molar-refractivity contribution in [1.29, 1.82) is 0 Å². The van der Waals surface area contributed by atoms with Crippen molar-refractivity contribution < 1.29 is 19.4 Å². The van der Waals surface area contributed by atoms with E-state index in [0.29, 0.717) is 0 Å². The molecule has 0 saturated carbocycles. The molecule has 0 aliphatic heterocycles. The van der Waals surface area contributed by atoms with Crippen LogP contribution in [0.4, 0.5) is 0 Å². The maximum Gasteiger partial charge on any atom is 0.235 e. The van der Waals surface area contributed by atoms with Gasteiger partial charge in [0.25, 0.3) is 0 Å². The fraction of sp³-hybridized carbons (Fsp3) is 0. The molecule has 1 aromatic heterocycles. The van der Waals surface area contributed by atoms with Gasteiger partial charge in [-0.25, -0.2) is 0 Å². The van der Waals surface area contributed by atoms with E-state index in [-0.39, 0.29) is 28.0 Å². The van der Waals surface area contributed by atoms with E-state index < -0.39 is 17.0 Å². The molecule has 5 heteroatoms. The van der Waals surface area contributed by atoms with Gasteiger partial charge < -0.3 is 14.6 Å². The zero-order valence-electron chi connectivity index (χ0n) is 9.84. The van der Waals surface area contributed by atoms with Crippen LogP contribution in [0, 0.1) is 0 Å². The Labute approximate surface area is 107 Å². The standard InChI is InChI=1S/C14H10O5/c1-3-9(15)7-5-8-12(6-10(7)16)19-11(4-2)14(18)13(8)17/h3-6,16,18H,1-2H2. The van der Waals surface area contributed by atoms with E-state index in [1.165, 1.54) is 6.08 Å². The summed E-state index contributed by atoms with van der Waals surface area (Å²) in [5.41, 5.74) is -0.731. The average Bonchev–Trinajstić information content (AvgIpc) is 2.41. The van der Waals surface area contributed by atoms with Crippen molar-refractivity contribution in [3.8, 4) is 11.5 Å². The van der Waals surface area contributed by atoms with Gasteiger partial charge in [0.05, 0.1) is 10.9 Å². The summed E-state index contributed by atoms with van der Waals surface area (Å²) in [6.07, 6.45) is 2.19. The number of ketones is 1. The minimum atomic E-state index is -0.700.